The van der Waals surface area contributed by atoms with Gasteiger partial charge in [0, 0.05) is 18.8 Å². The molecule has 120 valence electrons. The minimum absolute atomic E-state index is 0.00245. The van der Waals surface area contributed by atoms with Crippen LogP contribution in [0.1, 0.15) is 13.8 Å². The molecule has 0 radical (unpaired) electrons. The molecule has 0 spiro atoms. The average molecular weight is 306 g/mol. The first-order valence-corrected chi connectivity index (χ1v) is 7.40. The second-order valence-electron chi connectivity index (χ2n) is 5.64. The maximum atomic E-state index is 12.5. The highest BCUT2D eigenvalue weighted by Crippen LogP contribution is 2.15. The lowest BCUT2D eigenvalue weighted by Gasteiger charge is -2.36. The van der Waals surface area contributed by atoms with E-state index in [9.17, 15) is 9.59 Å². The highest BCUT2D eigenvalue weighted by Gasteiger charge is 2.27. The van der Waals surface area contributed by atoms with Crippen LogP contribution in [-0.2, 0) is 14.3 Å². The topological polar surface area (TPSA) is 70.1 Å². The van der Waals surface area contributed by atoms with Crippen LogP contribution in [-0.4, -0.2) is 60.3 Å². The Bertz CT molecular complexity index is 510. The van der Waals surface area contributed by atoms with E-state index in [1.54, 1.807) is 21.9 Å². The van der Waals surface area contributed by atoms with E-state index in [1.165, 1.54) is 0 Å². The number of hydrogen-bond donors (Lipinski definition) is 1. The molecule has 0 aliphatic carbocycles. The Morgan fingerprint density at radius 3 is 2.32 bits per heavy atom. The van der Waals surface area contributed by atoms with Gasteiger partial charge in [-0.3, -0.25) is 9.59 Å². The lowest BCUT2D eigenvalue weighted by Crippen LogP contribution is -2.51. The SMILES string of the molecule is C[C@H]1CN(C(=O)CN(CC(=O)O)c2ccccc2)C[C@H](C)O1. The van der Waals surface area contributed by atoms with Crippen LogP contribution in [0, 0.1) is 0 Å². The maximum Gasteiger partial charge on any atom is 0.323 e. The van der Waals surface area contributed by atoms with Crippen molar-refractivity contribution < 1.29 is 19.4 Å². The molecule has 0 bridgehead atoms. The van der Waals surface area contributed by atoms with Gasteiger partial charge in [-0.25, -0.2) is 0 Å². The Kier molecular flexibility index (Phi) is 5.38. The second-order valence-corrected chi connectivity index (χ2v) is 5.64. The first-order valence-electron chi connectivity index (χ1n) is 7.40. The van der Waals surface area contributed by atoms with Crippen LogP contribution in [0.3, 0.4) is 0 Å². The highest BCUT2D eigenvalue weighted by atomic mass is 16.5. The molecule has 2 atom stereocenters. The van der Waals surface area contributed by atoms with Crippen LogP contribution in [0.15, 0.2) is 30.3 Å². The number of benzene rings is 1. The standard InChI is InChI=1S/C16H22N2O4/c1-12-8-18(9-13(2)22-12)15(19)10-17(11-16(20)21)14-6-4-3-5-7-14/h3-7,12-13H,8-11H2,1-2H3,(H,20,21)/t12-,13-/m0/s1. The molecule has 1 aliphatic rings. The monoisotopic (exact) mass is 306 g/mol. The van der Waals surface area contributed by atoms with E-state index in [1.807, 2.05) is 32.0 Å². The van der Waals surface area contributed by atoms with Crippen LogP contribution in [0.2, 0.25) is 0 Å². The van der Waals surface area contributed by atoms with Crippen LogP contribution in [0.5, 0.6) is 0 Å². The van der Waals surface area contributed by atoms with Gasteiger partial charge in [0.05, 0.1) is 18.8 Å². The summed E-state index contributed by atoms with van der Waals surface area (Å²) in [4.78, 5) is 26.9. The number of carbonyl (C=O) groups excluding carboxylic acids is 1. The fourth-order valence-electron chi connectivity index (χ4n) is 2.69. The van der Waals surface area contributed by atoms with Crippen molar-refractivity contribution in [2.45, 2.75) is 26.1 Å². The summed E-state index contributed by atoms with van der Waals surface area (Å²) in [5.74, 6) is -1.03. The predicted octanol–water partition coefficient (Wildman–Crippen LogP) is 1.21. The fourth-order valence-corrected chi connectivity index (χ4v) is 2.69. The fraction of sp³-hybridized carbons (Fsp3) is 0.500. The molecule has 1 N–H and O–H groups in total. The van der Waals surface area contributed by atoms with E-state index >= 15 is 0 Å². The molecule has 1 heterocycles. The Labute approximate surface area is 130 Å². The Morgan fingerprint density at radius 1 is 1.18 bits per heavy atom. The summed E-state index contributed by atoms with van der Waals surface area (Å²) in [7, 11) is 0. The van der Waals surface area contributed by atoms with Gasteiger partial charge >= 0.3 is 5.97 Å². The van der Waals surface area contributed by atoms with Gasteiger partial charge in [-0.15, -0.1) is 0 Å². The van der Waals surface area contributed by atoms with E-state index in [-0.39, 0.29) is 31.2 Å². The molecule has 6 heteroatoms. The summed E-state index contributed by atoms with van der Waals surface area (Å²) in [5.41, 5.74) is 0.729. The summed E-state index contributed by atoms with van der Waals surface area (Å²) in [5, 5.41) is 9.07. The molecular weight excluding hydrogens is 284 g/mol. The number of carboxylic acids is 1. The molecule has 1 aromatic carbocycles. The van der Waals surface area contributed by atoms with Crippen LogP contribution in [0.4, 0.5) is 5.69 Å². The van der Waals surface area contributed by atoms with Gasteiger partial charge in [0.25, 0.3) is 0 Å². The molecule has 1 fully saturated rings. The molecule has 1 aromatic rings. The van der Waals surface area contributed by atoms with E-state index in [2.05, 4.69) is 0 Å². The minimum atomic E-state index is -0.958. The number of nitrogens with zero attached hydrogens (tertiary/aromatic N) is 2. The van der Waals surface area contributed by atoms with Crippen molar-refractivity contribution in [3.63, 3.8) is 0 Å². The molecule has 1 amide bonds. The number of rotatable bonds is 5. The number of morpholine rings is 1. The van der Waals surface area contributed by atoms with Gasteiger partial charge < -0.3 is 19.6 Å². The summed E-state index contributed by atoms with van der Waals surface area (Å²) in [6.45, 7) is 4.79. The molecule has 2 rings (SSSR count). The van der Waals surface area contributed by atoms with Crippen molar-refractivity contribution in [2.24, 2.45) is 0 Å². The Balaban J connectivity index is 2.06. The number of para-hydroxylation sites is 1. The number of carboxylic acid groups (broad SMARTS) is 1. The van der Waals surface area contributed by atoms with Gasteiger partial charge in [-0.2, -0.15) is 0 Å². The third-order valence-electron chi connectivity index (χ3n) is 3.55. The zero-order chi connectivity index (χ0) is 16.1. The van der Waals surface area contributed by atoms with Gasteiger partial charge in [-0.1, -0.05) is 18.2 Å². The first-order chi connectivity index (χ1) is 10.5. The molecule has 0 unspecified atom stereocenters. The summed E-state index contributed by atoms with van der Waals surface area (Å²) in [6.07, 6.45) is -0.00491. The molecule has 0 aromatic heterocycles. The number of aliphatic carboxylic acids is 1. The Hall–Kier alpha value is -2.08. The largest absolute Gasteiger partial charge is 0.480 e. The smallest absolute Gasteiger partial charge is 0.323 e. The molecule has 22 heavy (non-hydrogen) atoms. The van der Waals surface area contributed by atoms with Crippen molar-refractivity contribution in [3.05, 3.63) is 30.3 Å². The van der Waals surface area contributed by atoms with Crippen LogP contribution < -0.4 is 4.90 Å². The van der Waals surface area contributed by atoms with E-state index in [4.69, 9.17) is 9.84 Å². The summed E-state index contributed by atoms with van der Waals surface area (Å²) >= 11 is 0. The van der Waals surface area contributed by atoms with Crippen molar-refractivity contribution in [1.82, 2.24) is 4.90 Å². The predicted molar refractivity (Wildman–Crippen MR) is 82.9 cm³/mol. The van der Waals surface area contributed by atoms with Crippen molar-refractivity contribution >= 4 is 17.6 Å². The number of ether oxygens (including phenoxy) is 1. The zero-order valence-corrected chi connectivity index (χ0v) is 12.9. The second kappa shape index (κ2) is 7.26. The summed E-state index contributed by atoms with van der Waals surface area (Å²) < 4.78 is 5.62. The minimum Gasteiger partial charge on any atom is -0.480 e. The lowest BCUT2D eigenvalue weighted by atomic mass is 10.2. The van der Waals surface area contributed by atoms with Gasteiger partial charge in [0.15, 0.2) is 0 Å². The molecule has 0 saturated carbocycles. The highest BCUT2D eigenvalue weighted by molar-refractivity contribution is 5.84. The molecule has 1 aliphatic heterocycles. The number of anilines is 1. The number of amides is 1. The van der Waals surface area contributed by atoms with Gasteiger partial charge in [0.1, 0.15) is 6.54 Å². The quantitative estimate of drug-likeness (QED) is 0.885. The van der Waals surface area contributed by atoms with Crippen LogP contribution in [0.25, 0.3) is 0 Å². The third-order valence-corrected chi connectivity index (χ3v) is 3.55. The normalized spacial score (nSPS) is 21.5. The third kappa shape index (κ3) is 4.46. The molecule has 1 saturated heterocycles. The molecular formula is C16H22N2O4. The van der Waals surface area contributed by atoms with E-state index < -0.39 is 5.97 Å². The summed E-state index contributed by atoms with van der Waals surface area (Å²) in [6, 6.07) is 9.12. The number of hydrogen-bond acceptors (Lipinski definition) is 4. The number of carbonyl (C=O) groups is 2. The van der Waals surface area contributed by atoms with E-state index in [0.29, 0.717) is 13.1 Å². The Morgan fingerprint density at radius 2 is 1.77 bits per heavy atom. The van der Waals surface area contributed by atoms with Crippen LogP contribution >= 0.6 is 0 Å². The van der Waals surface area contributed by atoms with Crippen molar-refractivity contribution in [3.8, 4) is 0 Å². The first kappa shape index (κ1) is 16.3. The molecule has 6 nitrogen and oxygen atoms in total. The van der Waals surface area contributed by atoms with Crippen molar-refractivity contribution in [1.29, 1.82) is 0 Å². The lowest BCUT2D eigenvalue weighted by molar-refractivity contribution is -0.141. The zero-order valence-electron chi connectivity index (χ0n) is 12.9. The van der Waals surface area contributed by atoms with Gasteiger partial charge in [0.2, 0.25) is 5.91 Å². The average Bonchev–Trinajstić information content (AvgIpc) is 2.46. The van der Waals surface area contributed by atoms with E-state index in [0.717, 1.165) is 5.69 Å². The van der Waals surface area contributed by atoms with Gasteiger partial charge in [-0.05, 0) is 26.0 Å². The van der Waals surface area contributed by atoms with Crippen molar-refractivity contribution in [2.75, 3.05) is 31.1 Å². The maximum absolute atomic E-state index is 12.5.